The van der Waals surface area contributed by atoms with Crippen molar-refractivity contribution in [2.45, 2.75) is 19.5 Å². The molecule has 1 aromatic rings. The number of benzene rings is 1. The SMILES string of the molecule is CN1Cc2cccc(CCN)c2C1. The summed E-state index contributed by atoms with van der Waals surface area (Å²) in [5.41, 5.74) is 10.00. The van der Waals surface area contributed by atoms with Crippen molar-refractivity contribution in [3.63, 3.8) is 0 Å². The molecule has 0 atom stereocenters. The number of hydrogen-bond acceptors (Lipinski definition) is 2. The Kier molecular flexibility index (Phi) is 2.34. The average molecular weight is 176 g/mol. The number of hydrogen-bond donors (Lipinski definition) is 1. The minimum absolute atomic E-state index is 0.750. The molecule has 2 heteroatoms. The van der Waals surface area contributed by atoms with E-state index in [4.69, 9.17) is 5.73 Å². The van der Waals surface area contributed by atoms with Gasteiger partial charge in [0.25, 0.3) is 0 Å². The highest BCUT2D eigenvalue weighted by atomic mass is 15.1. The molecular formula is C11H16N2. The van der Waals surface area contributed by atoms with E-state index in [0.717, 1.165) is 26.1 Å². The Hall–Kier alpha value is -0.860. The van der Waals surface area contributed by atoms with Crippen LogP contribution < -0.4 is 5.73 Å². The molecule has 2 N–H and O–H groups in total. The molecule has 0 spiro atoms. The van der Waals surface area contributed by atoms with Gasteiger partial charge in [-0.25, -0.2) is 0 Å². The first-order chi connectivity index (χ1) is 6.31. The fourth-order valence-electron chi connectivity index (χ4n) is 2.05. The Bertz CT molecular complexity index is 307. The Balaban J connectivity index is 2.34. The lowest BCUT2D eigenvalue weighted by Crippen LogP contribution is -2.09. The molecule has 0 saturated heterocycles. The Morgan fingerprint density at radius 3 is 3.00 bits per heavy atom. The molecule has 0 unspecified atom stereocenters. The van der Waals surface area contributed by atoms with E-state index >= 15 is 0 Å². The van der Waals surface area contributed by atoms with Crippen LogP contribution in [-0.2, 0) is 19.5 Å². The second-order valence-corrected chi connectivity index (χ2v) is 3.77. The van der Waals surface area contributed by atoms with Gasteiger partial charge in [-0.1, -0.05) is 18.2 Å². The second-order valence-electron chi connectivity index (χ2n) is 3.77. The maximum atomic E-state index is 5.58. The Labute approximate surface area is 79.4 Å². The van der Waals surface area contributed by atoms with Gasteiger partial charge in [-0.05, 0) is 36.7 Å². The number of nitrogens with two attached hydrogens (primary N) is 1. The zero-order valence-electron chi connectivity index (χ0n) is 8.09. The van der Waals surface area contributed by atoms with Crippen LogP contribution in [0.15, 0.2) is 18.2 Å². The van der Waals surface area contributed by atoms with Crippen molar-refractivity contribution in [2.75, 3.05) is 13.6 Å². The second kappa shape index (κ2) is 3.48. The highest BCUT2D eigenvalue weighted by molar-refractivity contribution is 5.38. The van der Waals surface area contributed by atoms with E-state index in [1.54, 1.807) is 0 Å². The third-order valence-corrected chi connectivity index (χ3v) is 2.65. The summed E-state index contributed by atoms with van der Waals surface area (Å²) in [6, 6.07) is 6.56. The normalized spacial score (nSPS) is 16.2. The maximum Gasteiger partial charge on any atom is 0.0240 e. The number of rotatable bonds is 2. The molecule has 0 saturated carbocycles. The number of fused-ring (bicyclic) bond motifs is 1. The van der Waals surface area contributed by atoms with Crippen LogP contribution in [0.2, 0.25) is 0 Å². The quantitative estimate of drug-likeness (QED) is 0.732. The van der Waals surface area contributed by atoms with Crippen molar-refractivity contribution in [1.29, 1.82) is 0 Å². The summed E-state index contributed by atoms with van der Waals surface area (Å²) in [6.07, 6.45) is 1.01. The minimum atomic E-state index is 0.750. The van der Waals surface area contributed by atoms with E-state index in [1.165, 1.54) is 16.7 Å². The van der Waals surface area contributed by atoms with Crippen molar-refractivity contribution in [2.24, 2.45) is 5.73 Å². The van der Waals surface area contributed by atoms with Gasteiger partial charge in [0.1, 0.15) is 0 Å². The van der Waals surface area contributed by atoms with E-state index in [-0.39, 0.29) is 0 Å². The first-order valence-corrected chi connectivity index (χ1v) is 4.79. The molecule has 0 aliphatic carbocycles. The molecular weight excluding hydrogens is 160 g/mol. The van der Waals surface area contributed by atoms with Gasteiger partial charge in [-0.3, -0.25) is 4.90 Å². The van der Waals surface area contributed by atoms with Gasteiger partial charge >= 0.3 is 0 Å². The average Bonchev–Trinajstić information content (AvgIpc) is 2.47. The first-order valence-electron chi connectivity index (χ1n) is 4.79. The van der Waals surface area contributed by atoms with Crippen LogP contribution >= 0.6 is 0 Å². The largest absolute Gasteiger partial charge is 0.330 e. The van der Waals surface area contributed by atoms with Crippen LogP contribution in [0.25, 0.3) is 0 Å². The summed E-state index contributed by atoms with van der Waals surface area (Å²) in [6.45, 7) is 2.93. The molecule has 1 aliphatic rings. The van der Waals surface area contributed by atoms with Crippen LogP contribution in [0.4, 0.5) is 0 Å². The Morgan fingerprint density at radius 2 is 2.23 bits per heavy atom. The molecule has 0 fully saturated rings. The van der Waals surface area contributed by atoms with Crippen molar-refractivity contribution >= 4 is 0 Å². The molecule has 0 amide bonds. The van der Waals surface area contributed by atoms with E-state index < -0.39 is 0 Å². The molecule has 0 bridgehead atoms. The summed E-state index contributed by atoms with van der Waals surface area (Å²) >= 11 is 0. The lowest BCUT2D eigenvalue weighted by atomic mass is 10.0. The highest BCUT2D eigenvalue weighted by Gasteiger charge is 2.17. The van der Waals surface area contributed by atoms with E-state index in [9.17, 15) is 0 Å². The van der Waals surface area contributed by atoms with Gasteiger partial charge in [0.2, 0.25) is 0 Å². The topological polar surface area (TPSA) is 29.3 Å². The maximum absolute atomic E-state index is 5.58. The van der Waals surface area contributed by atoms with Crippen molar-refractivity contribution in [3.05, 3.63) is 34.9 Å². The molecule has 1 heterocycles. The van der Waals surface area contributed by atoms with Crippen molar-refractivity contribution in [3.8, 4) is 0 Å². The summed E-state index contributed by atoms with van der Waals surface area (Å²) in [5, 5.41) is 0. The fourth-order valence-corrected chi connectivity index (χ4v) is 2.05. The summed E-state index contributed by atoms with van der Waals surface area (Å²) in [7, 11) is 2.16. The van der Waals surface area contributed by atoms with Gasteiger partial charge in [-0.15, -0.1) is 0 Å². The lowest BCUT2D eigenvalue weighted by Gasteiger charge is -2.06. The standard InChI is InChI=1S/C11H16N2/c1-13-7-10-4-2-3-9(5-6-12)11(10)8-13/h2-4H,5-8,12H2,1H3. The van der Waals surface area contributed by atoms with Gasteiger partial charge in [0.05, 0.1) is 0 Å². The minimum Gasteiger partial charge on any atom is -0.330 e. The summed E-state index contributed by atoms with van der Waals surface area (Å²) in [5.74, 6) is 0. The smallest absolute Gasteiger partial charge is 0.0240 e. The summed E-state index contributed by atoms with van der Waals surface area (Å²) in [4.78, 5) is 2.34. The lowest BCUT2D eigenvalue weighted by molar-refractivity contribution is 0.352. The third kappa shape index (κ3) is 1.60. The van der Waals surface area contributed by atoms with E-state index in [1.807, 2.05) is 0 Å². The van der Waals surface area contributed by atoms with Crippen LogP contribution in [0.1, 0.15) is 16.7 Å². The molecule has 0 aromatic heterocycles. The predicted octanol–water partition coefficient (Wildman–Crippen LogP) is 1.13. The molecule has 1 aliphatic heterocycles. The van der Waals surface area contributed by atoms with E-state index in [2.05, 4.69) is 30.1 Å². The van der Waals surface area contributed by atoms with E-state index in [0.29, 0.717) is 0 Å². The van der Waals surface area contributed by atoms with Gasteiger partial charge in [0, 0.05) is 13.1 Å². The fraction of sp³-hybridized carbons (Fsp3) is 0.455. The van der Waals surface area contributed by atoms with Crippen molar-refractivity contribution < 1.29 is 0 Å². The van der Waals surface area contributed by atoms with Crippen molar-refractivity contribution in [1.82, 2.24) is 4.90 Å². The Morgan fingerprint density at radius 1 is 1.38 bits per heavy atom. The summed E-state index contributed by atoms with van der Waals surface area (Å²) < 4.78 is 0. The number of nitrogens with zero attached hydrogens (tertiary/aromatic N) is 1. The van der Waals surface area contributed by atoms with Gasteiger partial charge < -0.3 is 5.73 Å². The predicted molar refractivity (Wildman–Crippen MR) is 54.4 cm³/mol. The molecule has 2 nitrogen and oxygen atoms in total. The molecule has 70 valence electrons. The zero-order chi connectivity index (χ0) is 9.26. The van der Waals surface area contributed by atoms with Crippen LogP contribution in [0, 0.1) is 0 Å². The highest BCUT2D eigenvalue weighted by Crippen LogP contribution is 2.24. The van der Waals surface area contributed by atoms with Crippen LogP contribution in [0.3, 0.4) is 0 Å². The van der Waals surface area contributed by atoms with Crippen LogP contribution in [0.5, 0.6) is 0 Å². The zero-order valence-corrected chi connectivity index (χ0v) is 8.09. The molecule has 13 heavy (non-hydrogen) atoms. The molecule has 1 aromatic carbocycles. The molecule has 0 radical (unpaired) electrons. The third-order valence-electron chi connectivity index (χ3n) is 2.65. The molecule has 2 rings (SSSR count). The monoisotopic (exact) mass is 176 g/mol. The van der Waals surface area contributed by atoms with Gasteiger partial charge in [-0.2, -0.15) is 0 Å². The first kappa shape index (κ1) is 8.73. The van der Waals surface area contributed by atoms with Crippen LogP contribution in [-0.4, -0.2) is 18.5 Å². The van der Waals surface area contributed by atoms with Gasteiger partial charge in [0.15, 0.2) is 0 Å².